The van der Waals surface area contributed by atoms with Crippen LogP contribution in [0.1, 0.15) is 27.9 Å². The molecule has 134 valence electrons. The van der Waals surface area contributed by atoms with E-state index >= 15 is 0 Å². The molecule has 7 heteroatoms. The lowest BCUT2D eigenvalue weighted by molar-refractivity contribution is 0.0751. The second kappa shape index (κ2) is 9.12. The number of ether oxygens (including phenoxy) is 1. The summed E-state index contributed by atoms with van der Waals surface area (Å²) < 4.78 is 20.5. The van der Waals surface area contributed by atoms with Gasteiger partial charge in [0.15, 0.2) is 0 Å². The predicted molar refractivity (Wildman–Crippen MR) is 100 cm³/mol. The van der Waals surface area contributed by atoms with Crippen molar-refractivity contribution < 1.29 is 24.1 Å². The highest BCUT2D eigenvalue weighted by Gasteiger charge is 2.18. The minimum absolute atomic E-state index is 0.0223. The van der Waals surface area contributed by atoms with Crippen LogP contribution in [0.2, 0.25) is 0 Å². The fraction of sp³-hybridized carbons (Fsp3) is 0.278. The third-order valence-electron chi connectivity index (χ3n) is 3.62. The molecule has 2 aromatic carbocycles. The van der Waals surface area contributed by atoms with Crippen molar-refractivity contribution in [1.82, 2.24) is 0 Å². The maximum Gasteiger partial charge on any atom is 0.252 e. The van der Waals surface area contributed by atoms with Gasteiger partial charge in [0, 0.05) is 16.1 Å². The Morgan fingerprint density at radius 3 is 2.56 bits per heavy atom. The van der Waals surface area contributed by atoms with Crippen molar-refractivity contribution in [1.29, 1.82) is 0 Å². The molecule has 1 atom stereocenters. The van der Waals surface area contributed by atoms with Gasteiger partial charge in [-0.05, 0) is 58.3 Å². The summed E-state index contributed by atoms with van der Waals surface area (Å²) in [6.07, 6.45) is -0.447. The van der Waals surface area contributed by atoms with E-state index in [9.17, 15) is 14.3 Å². The van der Waals surface area contributed by atoms with E-state index < -0.39 is 24.4 Å². The molecular formula is C18H19FINO4. The molecule has 4 N–H and O–H groups in total. The molecule has 2 aromatic rings. The number of halogens is 2. The Hall–Kier alpha value is -1.71. The number of carbonyl (C=O) groups excluding carboxylic acids is 1. The number of nitrogens with two attached hydrogens (primary N) is 1. The fourth-order valence-electron chi connectivity index (χ4n) is 2.39. The highest BCUT2D eigenvalue weighted by molar-refractivity contribution is 14.1. The molecule has 0 fully saturated rings. The maximum atomic E-state index is 14.0. The molecule has 1 amide bonds. The quantitative estimate of drug-likeness (QED) is 0.529. The molecule has 0 aliphatic carbocycles. The number of aliphatic hydroxyl groups excluding tert-OH is 2. The van der Waals surface area contributed by atoms with Gasteiger partial charge in [-0.25, -0.2) is 4.39 Å². The summed E-state index contributed by atoms with van der Waals surface area (Å²) in [6.45, 7) is -0.373. The van der Waals surface area contributed by atoms with E-state index in [2.05, 4.69) is 22.6 Å². The molecule has 0 spiro atoms. The van der Waals surface area contributed by atoms with Crippen molar-refractivity contribution in [3.05, 3.63) is 62.5 Å². The first kappa shape index (κ1) is 19.6. The first-order valence-corrected chi connectivity index (χ1v) is 8.77. The van der Waals surface area contributed by atoms with Crippen molar-refractivity contribution in [2.75, 3.05) is 13.2 Å². The number of benzene rings is 2. The molecule has 0 unspecified atom stereocenters. The summed E-state index contributed by atoms with van der Waals surface area (Å²) >= 11 is 2.19. The van der Waals surface area contributed by atoms with Crippen LogP contribution in [0, 0.1) is 9.39 Å². The molecule has 0 saturated heterocycles. The molecule has 0 radical (unpaired) electrons. The SMILES string of the molecule is NC(=O)c1c(Cc2ccc(I)cc2)cc(F)cc1OCC[C@@H](O)CO. The van der Waals surface area contributed by atoms with E-state index in [1.807, 2.05) is 24.3 Å². The van der Waals surface area contributed by atoms with Crippen molar-refractivity contribution >= 4 is 28.5 Å². The van der Waals surface area contributed by atoms with Crippen LogP contribution in [0.15, 0.2) is 36.4 Å². The first-order chi connectivity index (χ1) is 11.9. The van der Waals surface area contributed by atoms with Crippen molar-refractivity contribution in [2.45, 2.75) is 18.9 Å². The molecule has 0 heterocycles. The Balaban J connectivity index is 2.28. The van der Waals surface area contributed by atoms with Crippen LogP contribution >= 0.6 is 22.6 Å². The summed E-state index contributed by atoms with van der Waals surface area (Å²) in [4.78, 5) is 11.9. The van der Waals surface area contributed by atoms with Gasteiger partial charge in [-0.1, -0.05) is 12.1 Å². The predicted octanol–water partition coefficient (Wildman–Crippen LogP) is 2.24. The van der Waals surface area contributed by atoms with E-state index in [1.165, 1.54) is 6.07 Å². The second-order valence-electron chi connectivity index (χ2n) is 5.58. The normalized spacial score (nSPS) is 12.0. The summed E-state index contributed by atoms with van der Waals surface area (Å²) in [6, 6.07) is 10.0. The summed E-state index contributed by atoms with van der Waals surface area (Å²) in [5, 5.41) is 18.2. The van der Waals surface area contributed by atoms with Gasteiger partial charge in [0.05, 0.1) is 24.9 Å². The Morgan fingerprint density at radius 1 is 1.28 bits per heavy atom. The molecule has 25 heavy (non-hydrogen) atoms. The molecule has 5 nitrogen and oxygen atoms in total. The highest BCUT2D eigenvalue weighted by Crippen LogP contribution is 2.27. The van der Waals surface area contributed by atoms with Gasteiger partial charge in [-0.2, -0.15) is 0 Å². The Morgan fingerprint density at radius 2 is 1.96 bits per heavy atom. The van der Waals surface area contributed by atoms with Crippen LogP contribution in [-0.4, -0.2) is 35.4 Å². The zero-order valence-corrected chi connectivity index (χ0v) is 15.6. The maximum absolute atomic E-state index is 14.0. The minimum Gasteiger partial charge on any atom is -0.493 e. The van der Waals surface area contributed by atoms with Crippen molar-refractivity contribution in [2.24, 2.45) is 5.73 Å². The van der Waals surface area contributed by atoms with Crippen LogP contribution in [0.5, 0.6) is 5.75 Å². The van der Waals surface area contributed by atoms with Gasteiger partial charge in [-0.15, -0.1) is 0 Å². The molecule has 2 rings (SSSR count). The monoisotopic (exact) mass is 459 g/mol. The van der Waals surface area contributed by atoms with Crippen molar-refractivity contribution in [3.8, 4) is 5.75 Å². The number of aliphatic hydroxyl groups is 2. The number of hydrogen-bond donors (Lipinski definition) is 3. The Labute approximate surface area is 158 Å². The Kier molecular flexibility index (Phi) is 7.15. The lowest BCUT2D eigenvalue weighted by atomic mass is 9.98. The second-order valence-corrected chi connectivity index (χ2v) is 6.82. The van der Waals surface area contributed by atoms with E-state index in [4.69, 9.17) is 15.6 Å². The molecular weight excluding hydrogens is 440 g/mol. The average molecular weight is 459 g/mol. The third-order valence-corrected chi connectivity index (χ3v) is 4.34. The van der Waals surface area contributed by atoms with E-state index in [0.717, 1.165) is 15.2 Å². The standard InChI is InChI=1S/C18H19FINO4/c19-13-8-12(7-11-1-3-14(20)4-2-11)17(18(21)24)16(9-13)25-6-5-15(23)10-22/h1-4,8-9,15,22-23H,5-7,10H2,(H2,21,24)/t15-/m1/s1. The molecule has 0 aliphatic rings. The van der Waals surface area contributed by atoms with E-state index in [-0.39, 0.29) is 24.3 Å². The molecule has 0 aliphatic heterocycles. The van der Waals surface area contributed by atoms with Gasteiger partial charge in [0.1, 0.15) is 11.6 Å². The smallest absolute Gasteiger partial charge is 0.252 e. The average Bonchev–Trinajstić information content (AvgIpc) is 2.56. The highest BCUT2D eigenvalue weighted by atomic mass is 127. The number of rotatable bonds is 8. The summed E-state index contributed by atoms with van der Waals surface area (Å²) in [7, 11) is 0. The van der Waals surface area contributed by atoms with Gasteiger partial charge < -0.3 is 20.7 Å². The minimum atomic E-state index is -0.933. The topological polar surface area (TPSA) is 92.8 Å². The summed E-state index contributed by atoms with van der Waals surface area (Å²) in [5.74, 6) is -1.21. The largest absolute Gasteiger partial charge is 0.493 e. The van der Waals surface area contributed by atoms with Crippen molar-refractivity contribution in [3.63, 3.8) is 0 Å². The lowest BCUT2D eigenvalue weighted by Crippen LogP contribution is -2.19. The summed E-state index contributed by atoms with van der Waals surface area (Å²) in [5.41, 5.74) is 6.94. The number of carbonyl (C=O) groups is 1. The fourth-order valence-corrected chi connectivity index (χ4v) is 2.75. The van der Waals surface area contributed by atoms with Gasteiger partial charge in [0.2, 0.25) is 0 Å². The third kappa shape index (κ3) is 5.65. The Bertz CT molecular complexity index is 737. The lowest BCUT2D eigenvalue weighted by Gasteiger charge is -2.15. The van der Waals surface area contributed by atoms with Crippen LogP contribution in [-0.2, 0) is 6.42 Å². The van der Waals surface area contributed by atoms with Gasteiger partial charge in [0.25, 0.3) is 5.91 Å². The van der Waals surface area contributed by atoms with Crippen LogP contribution in [0.25, 0.3) is 0 Å². The van der Waals surface area contributed by atoms with Gasteiger partial charge >= 0.3 is 0 Å². The van der Waals surface area contributed by atoms with Gasteiger partial charge in [-0.3, -0.25) is 4.79 Å². The van der Waals surface area contributed by atoms with E-state index in [1.54, 1.807) is 0 Å². The van der Waals surface area contributed by atoms with Crippen LogP contribution in [0.4, 0.5) is 4.39 Å². The first-order valence-electron chi connectivity index (χ1n) is 7.69. The molecule has 0 bridgehead atoms. The van der Waals surface area contributed by atoms with E-state index in [0.29, 0.717) is 12.0 Å². The number of primary amides is 1. The van der Waals surface area contributed by atoms with Crippen LogP contribution in [0.3, 0.4) is 0 Å². The zero-order valence-electron chi connectivity index (χ0n) is 13.4. The number of hydrogen-bond acceptors (Lipinski definition) is 4. The zero-order chi connectivity index (χ0) is 18.4. The van der Waals surface area contributed by atoms with Crippen LogP contribution < -0.4 is 10.5 Å². The number of amides is 1. The molecule has 0 aromatic heterocycles. The molecule has 0 saturated carbocycles.